The molecule has 0 bridgehead atoms. The van der Waals surface area contributed by atoms with E-state index in [0.29, 0.717) is 0 Å². The van der Waals surface area contributed by atoms with E-state index in [4.69, 9.17) is 5.73 Å². The van der Waals surface area contributed by atoms with Crippen LogP contribution < -0.4 is 5.73 Å². The second-order valence-electron chi connectivity index (χ2n) is 4.50. The number of aromatic nitrogens is 2. The molecule has 0 aliphatic heterocycles. The van der Waals surface area contributed by atoms with E-state index in [-0.39, 0.29) is 0 Å². The van der Waals surface area contributed by atoms with Crippen molar-refractivity contribution in [1.82, 2.24) is 9.78 Å². The largest absolute Gasteiger partial charge is 0.399 e. The average molecular weight is 229 g/mol. The van der Waals surface area contributed by atoms with Crippen LogP contribution in [0.15, 0.2) is 24.4 Å². The van der Waals surface area contributed by atoms with Crippen LogP contribution in [0.2, 0.25) is 0 Å². The molecule has 0 saturated heterocycles. The predicted octanol–water partition coefficient (Wildman–Crippen LogP) is 3.16. The van der Waals surface area contributed by atoms with Gasteiger partial charge in [0.1, 0.15) is 0 Å². The molecule has 1 aromatic carbocycles. The van der Waals surface area contributed by atoms with Crippen molar-refractivity contribution in [1.29, 1.82) is 0 Å². The minimum absolute atomic E-state index is 0.808. The average Bonchev–Trinajstić information content (AvgIpc) is 2.60. The Morgan fingerprint density at radius 2 is 2.00 bits per heavy atom. The standard InChI is InChI=1S/C14H19N3/c1-4-5-17-11(3)14(9-16-17)12-6-10(2)7-13(15)8-12/h6-9H,4-5,15H2,1-3H3. The summed E-state index contributed by atoms with van der Waals surface area (Å²) in [5.74, 6) is 0. The quantitative estimate of drug-likeness (QED) is 0.822. The Kier molecular flexibility index (Phi) is 3.18. The van der Waals surface area contributed by atoms with Gasteiger partial charge < -0.3 is 5.73 Å². The van der Waals surface area contributed by atoms with Gasteiger partial charge in [0.05, 0.1) is 6.20 Å². The minimum Gasteiger partial charge on any atom is -0.399 e. The molecule has 1 heterocycles. The van der Waals surface area contributed by atoms with E-state index in [1.807, 2.05) is 23.0 Å². The summed E-state index contributed by atoms with van der Waals surface area (Å²) in [5, 5.41) is 4.42. The van der Waals surface area contributed by atoms with Crippen molar-refractivity contribution < 1.29 is 0 Å². The van der Waals surface area contributed by atoms with Gasteiger partial charge in [-0.25, -0.2) is 0 Å². The maximum absolute atomic E-state index is 5.89. The fourth-order valence-electron chi connectivity index (χ4n) is 2.14. The molecule has 0 atom stereocenters. The monoisotopic (exact) mass is 229 g/mol. The lowest BCUT2D eigenvalue weighted by Crippen LogP contribution is -2.01. The van der Waals surface area contributed by atoms with Crippen LogP contribution in [0.5, 0.6) is 0 Å². The van der Waals surface area contributed by atoms with Crippen LogP contribution in [0.25, 0.3) is 11.1 Å². The number of benzene rings is 1. The molecule has 2 aromatic rings. The Morgan fingerprint density at radius 1 is 1.24 bits per heavy atom. The van der Waals surface area contributed by atoms with E-state index in [1.54, 1.807) is 0 Å². The number of aryl methyl sites for hydroxylation is 2. The van der Waals surface area contributed by atoms with E-state index >= 15 is 0 Å². The molecule has 17 heavy (non-hydrogen) atoms. The second kappa shape index (κ2) is 4.62. The van der Waals surface area contributed by atoms with Crippen LogP contribution in [-0.2, 0) is 6.54 Å². The fourth-order valence-corrected chi connectivity index (χ4v) is 2.14. The molecule has 3 heteroatoms. The lowest BCUT2D eigenvalue weighted by atomic mass is 10.0. The Balaban J connectivity index is 2.45. The highest BCUT2D eigenvalue weighted by atomic mass is 15.3. The van der Waals surface area contributed by atoms with E-state index in [9.17, 15) is 0 Å². The molecule has 3 nitrogen and oxygen atoms in total. The normalized spacial score (nSPS) is 10.8. The summed E-state index contributed by atoms with van der Waals surface area (Å²) in [4.78, 5) is 0. The molecule has 90 valence electrons. The summed E-state index contributed by atoms with van der Waals surface area (Å²) >= 11 is 0. The van der Waals surface area contributed by atoms with E-state index in [0.717, 1.165) is 24.2 Å². The van der Waals surface area contributed by atoms with E-state index < -0.39 is 0 Å². The molecule has 0 fully saturated rings. The topological polar surface area (TPSA) is 43.8 Å². The first-order chi connectivity index (χ1) is 8.11. The Morgan fingerprint density at radius 3 is 2.65 bits per heavy atom. The third-order valence-electron chi connectivity index (χ3n) is 2.95. The van der Waals surface area contributed by atoms with Gasteiger partial charge in [-0.3, -0.25) is 4.68 Å². The number of anilines is 1. The maximum Gasteiger partial charge on any atom is 0.0571 e. The molecule has 2 N–H and O–H groups in total. The van der Waals surface area contributed by atoms with Crippen molar-refractivity contribution in [2.45, 2.75) is 33.7 Å². The molecular formula is C14H19N3. The summed E-state index contributed by atoms with van der Waals surface area (Å²) in [6.07, 6.45) is 3.02. The molecular weight excluding hydrogens is 210 g/mol. The summed E-state index contributed by atoms with van der Waals surface area (Å²) in [6.45, 7) is 7.29. The molecule has 0 aliphatic carbocycles. The van der Waals surface area contributed by atoms with E-state index in [1.165, 1.54) is 16.8 Å². The minimum atomic E-state index is 0.808. The smallest absolute Gasteiger partial charge is 0.0571 e. The lowest BCUT2D eigenvalue weighted by molar-refractivity contribution is 0.587. The zero-order valence-corrected chi connectivity index (χ0v) is 10.7. The lowest BCUT2D eigenvalue weighted by Gasteiger charge is -2.06. The first-order valence-electron chi connectivity index (χ1n) is 6.01. The summed E-state index contributed by atoms with van der Waals surface area (Å²) < 4.78 is 2.05. The maximum atomic E-state index is 5.89. The van der Waals surface area contributed by atoms with Gasteiger partial charge in [0.15, 0.2) is 0 Å². The number of nitrogens with two attached hydrogens (primary N) is 1. The van der Waals surface area contributed by atoms with Gasteiger partial charge in [0, 0.05) is 23.5 Å². The predicted molar refractivity (Wildman–Crippen MR) is 71.8 cm³/mol. The van der Waals surface area contributed by atoms with Gasteiger partial charge in [-0.15, -0.1) is 0 Å². The van der Waals surface area contributed by atoms with E-state index in [2.05, 4.69) is 31.9 Å². The molecule has 0 spiro atoms. The number of nitrogens with zero attached hydrogens (tertiary/aromatic N) is 2. The fraction of sp³-hybridized carbons (Fsp3) is 0.357. The molecule has 0 radical (unpaired) electrons. The Hall–Kier alpha value is -1.77. The highest BCUT2D eigenvalue weighted by Gasteiger charge is 2.08. The van der Waals surface area contributed by atoms with Gasteiger partial charge in [-0.1, -0.05) is 13.0 Å². The van der Waals surface area contributed by atoms with Gasteiger partial charge in [0.25, 0.3) is 0 Å². The van der Waals surface area contributed by atoms with Gasteiger partial charge >= 0.3 is 0 Å². The van der Waals surface area contributed by atoms with Crippen molar-refractivity contribution in [3.05, 3.63) is 35.7 Å². The number of nitrogen functional groups attached to an aromatic ring is 1. The van der Waals surface area contributed by atoms with Crippen molar-refractivity contribution in [2.75, 3.05) is 5.73 Å². The van der Waals surface area contributed by atoms with Crippen LogP contribution in [0.1, 0.15) is 24.6 Å². The first-order valence-corrected chi connectivity index (χ1v) is 6.01. The van der Waals surface area contributed by atoms with Crippen molar-refractivity contribution in [3.8, 4) is 11.1 Å². The van der Waals surface area contributed by atoms with Crippen LogP contribution in [-0.4, -0.2) is 9.78 Å². The molecule has 0 amide bonds. The van der Waals surface area contributed by atoms with Gasteiger partial charge in [-0.05, 0) is 43.5 Å². The summed E-state index contributed by atoms with van der Waals surface area (Å²) in [5.41, 5.74) is 11.4. The number of hydrogen-bond acceptors (Lipinski definition) is 2. The number of rotatable bonds is 3. The second-order valence-corrected chi connectivity index (χ2v) is 4.50. The summed E-state index contributed by atoms with van der Waals surface area (Å²) in [7, 11) is 0. The zero-order chi connectivity index (χ0) is 12.4. The van der Waals surface area contributed by atoms with Crippen molar-refractivity contribution >= 4 is 5.69 Å². The third-order valence-corrected chi connectivity index (χ3v) is 2.95. The van der Waals surface area contributed by atoms with Crippen LogP contribution >= 0.6 is 0 Å². The Bertz CT molecular complexity index is 506. The van der Waals surface area contributed by atoms with Crippen LogP contribution in [0, 0.1) is 13.8 Å². The van der Waals surface area contributed by atoms with Gasteiger partial charge in [0.2, 0.25) is 0 Å². The molecule has 0 unspecified atom stereocenters. The highest BCUT2D eigenvalue weighted by Crippen LogP contribution is 2.26. The SMILES string of the molecule is CCCn1ncc(-c2cc(C)cc(N)c2)c1C. The van der Waals surface area contributed by atoms with Crippen LogP contribution in [0.3, 0.4) is 0 Å². The third kappa shape index (κ3) is 2.33. The zero-order valence-electron chi connectivity index (χ0n) is 10.7. The van der Waals surface area contributed by atoms with Crippen LogP contribution in [0.4, 0.5) is 5.69 Å². The Labute approximate surface area is 102 Å². The first kappa shape index (κ1) is 11.7. The van der Waals surface area contributed by atoms with Crippen molar-refractivity contribution in [2.24, 2.45) is 0 Å². The number of hydrogen-bond donors (Lipinski definition) is 1. The molecule has 1 aromatic heterocycles. The molecule has 0 saturated carbocycles. The molecule has 0 aliphatic rings. The summed E-state index contributed by atoms with van der Waals surface area (Å²) in [6, 6.07) is 6.14. The van der Waals surface area contributed by atoms with Gasteiger partial charge in [-0.2, -0.15) is 5.10 Å². The molecule has 2 rings (SSSR count). The highest BCUT2D eigenvalue weighted by molar-refractivity contribution is 5.69. The van der Waals surface area contributed by atoms with Crippen molar-refractivity contribution in [3.63, 3.8) is 0 Å².